The van der Waals surface area contributed by atoms with E-state index in [1.54, 1.807) is 6.20 Å². The number of benzene rings is 1. The first-order valence-electron chi connectivity index (χ1n) is 5.29. The molecule has 2 rings (SSSR count). The third-order valence-electron chi connectivity index (χ3n) is 2.32. The second kappa shape index (κ2) is 4.70. The lowest BCUT2D eigenvalue weighted by Crippen LogP contribution is -1.89. The number of azo groups is 1. The fourth-order valence-corrected chi connectivity index (χ4v) is 1.37. The highest BCUT2D eigenvalue weighted by Crippen LogP contribution is 2.17. The van der Waals surface area contributed by atoms with Gasteiger partial charge >= 0.3 is 0 Å². The number of hydrogen-bond donors (Lipinski definition) is 0. The molecule has 82 valence electrons. The second-order valence-electron chi connectivity index (χ2n) is 3.55. The van der Waals surface area contributed by atoms with Gasteiger partial charge in [0, 0.05) is 18.9 Å². The SMILES string of the molecule is CCn1ccnc1N=Nc1ccc(C)cc1. The van der Waals surface area contributed by atoms with E-state index in [1.807, 2.05) is 48.9 Å². The summed E-state index contributed by atoms with van der Waals surface area (Å²) in [5.41, 5.74) is 2.06. The molecular formula is C12H14N4. The normalized spacial score (nSPS) is 11.1. The Bertz CT molecular complexity index is 482. The first-order valence-corrected chi connectivity index (χ1v) is 5.29. The number of nitrogens with zero attached hydrogens (tertiary/aromatic N) is 4. The third kappa shape index (κ3) is 2.34. The Morgan fingerprint density at radius 2 is 1.94 bits per heavy atom. The quantitative estimate of drug-likeness (QED) is 0.719. The van der Waals surface area contributed by atoms with Gasteiger partial charge in [0.1, 0.15) is 0 Å². The fraction of sp³-hybridized carbons (Fsp3) is 0.250. The lowest BCUT2D eigenvalue weighted by atomic mass is 10.2. The molecule has 1 aromatic heterocycles. The van der Waals surface area contributed by atoms with Gasteiger partial charge in [-0.2, -0.15) is 0 Å². The van der Waals surface area contributed by atoms with Crippen LogP contribution >= 0.6 is 0 Å². The van der Waals surface area contributed by atoms with Crippen molar-refractivity contribution in [3.63, 3.8) is 0 Å². The summed E-state index contributed by atoms with van der Waals surface area (Å²) in [6.07, 6.45) is 3.62. The van der Waals surface area contributed by atoms with E-state index >= 15 is 0 Å². The number of hydrogen-bond acceptors (Lipinski definition) is 3. The van der Waals surface area contributed by atoms with Gasteiger partial charge in [-0.3, -0.25) is 0 Å². The molecule has 16 heavy (non-hydrogen) atoms. The van der Waals surface area contributed by atoms with Gasteiger partial charge in [0.05, 0.1) is 5.69 Å². The number of aromatic nitrogens is 2. The predicted octanol–water partition coefficient (Wildman–Crippen LogP) is 3.63. The third-order valence-corrected chi connectivity index (χ3v) is 2.32. The summed E-state index contributed by atoms with van der Waals surface area (Å²) >= 11 is 0. The molecule has 0 saturated carbocycles. The largest absolute Gasteiger partial charge is 0.315 e. The summed E-state index contributed by atoms with van der Waals surface area (Å²) < 4.78 is 1.94. The van der Waals surface area contributed by atoms with E-state index in [4.69, 9.17) is 0 Å². The van der Waals surface area contributed by atoms with E-state index in [1.165, 1.54) is 5.56 Å². The fourth-order valence-electron chi connectivity index (χ4n) is 1.37. The molecule has 0 atom stereocenters. The van der Waals surface area contributed by atoms with Gasteiger partial charge in [0.2, 0.25) is 5.95 Å². The molecule has 0 aliphatic rings. The Kier molecular flexibility index (Phi) is 3.10. The van der Waals surface area contributed by atoms with Crippen molar-refractivity contribution in [3.05, 3.63) is 42.2 Å². The van der Waals surface area contributed by atoms with Crippen LogP contribution in [0.3, 0.4) is 0 Å². The zero-order valence-electron chi connectivity index (χ0n) is 9.46. The molecule has 0 aliphatic heterocycles. The summed E-state index contributed by atoms with van der Waals surface area (Å²) in [4.78, 5) is 4.12. The minimum atomic E-state index is 0.642. The highest BCUT2D eigenvalue weighted by atomic mass is 15.3. The van der Waals surface area contributed by atoms with Crippen LogP contribution in [-0.4, -0.2) is 9.55 Å². The van der Waals surface area contributed by atoms with E-state index in [-0.39, 0.29) is 0 Å². The maximum atomic E-state index is 4.14. The van der Waals surface area contributed by atoms with Gasteiger partial charge in [0.25, 0.3) is 0 Å². The summed E-state index contributed by atoms with van der Waals surface area (Å²) in [6, 6.07) is 7.91. The molecule has 0 unspecified atom stereocenters. The number of aryl methyl sites for hydroxylation is 2. The standard InChI is InChI=1S/C12H14N4/c1-3-16-9-8-13-12(16)15-14-11-6-4-10(2)5-7-11/h4-9H,3H2,1-2H3. The molecule has 0 radical (unpaired) electrons. The van der Waals surface area contributed by atoms with Gasteiger partial charge in [-0.1, -0.05) is 17.7 Å². The molecule has 4 nitrogen and oxygen atoms in total. The molecule has 1 heterocycles. The molecule has 0 bridgehead atoms. The lowest BCUT2D eigenvalue weighted by Gasteiger charge is -1.97. The summed E-state index contributed by atoms with van der Waals surface area (Å²) in [5.74, 6) is 0.642. The molecule has 0 amide bonds. The van der Waals surface area contributed by atoms with Gasteiger partial charge < -0.3 is 4.57 Å². The Hall–Kier alpha value is -1.97. The van der Waals surface area contributed by atoms with Gasteiger partial charge in [-0.05, 0) is 26.0 Å². The summed E-state index contributed by atoms with van der Waals surface area (Å²) in [5, 5.41) is 8.25. The Morgan fingerprint density at radius 3 is 2.62 bits per heavy atom. The Balaban J connectivity index is 2.18. The Morgan fingerprint density at radius 1 is 1.19 bits per heavy atom. The molecule has 0 spiro atoms. The van der Waals surface area contributed by atoms with Crippen molar-refractivity contribution in [3.8, 4) is 0 Å². The van der Waals surface area contributed by atoms with Crippen LogP contribution in [0.1, 0.15) is 12.5 Å². The molecular weight excluding hydrogens is 200 g/mol. The van der Waals surface area contributed by atoms with Gasteiger partial charge in [-0.15, -0.1) is 10.2 Å². The van der Waals surface area contributed by atoms with Gasteiger partial charge in [0.15, 0.2) is 0 Å². The first kappa shape index (κ1) is 10.5. The van der Waals surface area contributed by atoms with Crippen molar-refractivity contribution in [1.29, 1.82) is 0 Å². The maximum absolute atomic E-state index is 4.14. The van der Waals surface area contributed by atoms with Crippen LogP contribution in [0.25, 0.3) is 0 Å². The predicted molar refractivity (Wildman–Crippen MR) is 63.3 cm³/mol. The smallest absolute Gasteiger partial charge is 0.249 e. The molecule has 0 aliphatic carbocycles. The Labute approximate surface area is 94.7 Å². The van der Waals surface area contributed by atoms with Crippen LogP contribution in [0.2, 0.25) is 0 Å². The average Bonchev–Trinajstić information content (AvgIpc) is 2.76. The van der Waals surface area contributed by atoms with E-state index in [2.05, 4.69) is 15.2 Å². The van der Waals surface area contributed by atoms with Crippen LogP contribution in [0.5, 0.6) is 0 Å². The van der Waals surface area contributed by atoms with Crippen LogP contribution in [0, 0.1) is 6.92 Å². The van der Waals surface area contributed by atoms with Crippen LogP contribution in [-0.2, 0) is 6.54 Å². The van der Waals surface area contributed by atoms with Crippen molar-refractivity contribution in [2.75, 3.05) is 0 Å². The summed E-state index contributed by atoms with van der Waals surface area (Å²) in [6.45, 7) is 4.94. The zero-order valence-corrected chi connectivity index (χ0v) is 9.46. The topological polar surface area (TPSA) is 42.5 Å². The van der Waals surface area contributed by atoms with Gasteiger partial charge in [-0.25, -0.2) is 4.98 Å². The van der Waals surface area contributed by atoms with E-state index in [0.717, 1.165) is 12.2 Å². The van der Waals surface area contributed by atoms with Crippen LogP contribution < -0.4 is 0 Å². The van der Waals surface area contributed by atoms with E-state index in [0.29, 0.717) is 5.95 Å². The first-order chi connectivity index (χ1) is 7.79. The second-order valence-corrected chi connectivity index (χ2v) is 3.55. The molecule has 0 saturated heterocycles. The van der Waals surface area contributed by atoms with Crippen molar-refractivity contribution >= 4 is 11.6 Å². The van der Waals surface area contributed by atoms with Crippen molar-refractivity contribution in [1.82, 2.24) is 9.55 Å². The monoisotopic (exact) mass is 214 g/mol. The van der Waals surface area contributed by atoms with Crippen molar-refractivity contribution < 1.29 is 0 Å². The maximum Gasteiger partial charge on any atom is 0.249 e. The summed E-state index contributed by atoms with van der Waals surface area (Å²) in [7, 11) is 0. The van der Waals surface area contributed by atoms with Crippen molar-refractivity contribution in [2.45, 2.75) is 20.4 Å². The van der Waals surface area contributed by atoms with Crippen LogP contribution in [0.4, 0.5) is 11.6 Å². The molecule has 2 aromatic rings. The minimum Gasteiger partial charge on any atom is -0.315 e. The minimum absolute atomic E-state index is 0.642. The highest BCUT2D eigenvalue weighted by molar-refractivity contribution is 5.38. The van der Waals surface area contributed by atoms with E-state index < -0.39 is 0 Å². The van der Waals surface area contributed by atoms with Crippen LogP contribution in [0.15, 0.2) is 46.9 Å². The highest BCUT2D eigenvalue weighted by Gasteiger charge is 1.97. The van der Waals surface area contributed by atoms with Crippen molar-refractivity contribution in [2.24, 2.45) is 10.2 Å². The molecule has 4 heteroatoms. The number of imidazole rings is 1. The molecule has 1 aromatic carbocycles. The number of rotatable bonds is 3. The lowest BCUT2D eigenvalue weighted by molar-refractivity contribution is 0.758. The molecule has 0 fully saturated rings. The zero-order chi connectivity index (χ0) is 11.4. The average molecular weight is 214 g/mol. The van der Waals surface area contributed by atoms with E-state index in [9.17, 15) is 0 Å². The molecule has 0 N–H and O–H groups in total.